The minimum absolute atomic E-state index is 0.346. The SMILES string of the molecule is O=C(O)c1cc(-n2ccc(C3CC3)n2)cs1. The van der Waals surface area contributed by atoms with Crippen molar-refractivity contribution in [3.63, 3.8) is 0 Å². The third-order valence-corrected chi connectivity index (χ3v) is 3.57. The summed E-state index contributed by atoms with van der Waals surface area (Å²) >= 11 is 1.23. The first-order valence-corrected chi connectivity index (χ1v) is 6.00. The van der Waals surface area contributed by atoms with E-state index < -0.39 is 5.97 Å². The van der Waals surface area contributed by atoms with Crippen molar-refractivity contribution in [3.05, 3.63) is 34.3 Å². The maximum Gasteiger partial charge on any atom is 0.345 e. The summed E-state index contributed by atoms with van der Waals surface area (Å²) in [6.45, 7) is 0. The molecule has 3 rings (SSSR count). The van der Waals surface area contributed by atoms with E-state index in [2.05, 4.69) is 5.10 Å². The number of carboxylic acid groups (broad SMARTS) is 1. The van der Waals surface area contributed by atoms with Crippen LogP contribution in [0.3, 0.4) is 0 Å². The fourth-order valence-corrected chi connectivity index (χ4v) is 2.35. The predicted octanol–water partition coefficient (Wildman–Crippen LogP) is 2.51. The topological polar surface area (TPSA) is 55.1 Å². The Balaban J connectivity index is 1.91. The summed E-state index contributed by atoms with van der Waals surface area (Å²) < 4.78 is 1.75. The molecule has 0 atom stereocenters. The van der Waals surface area contributed by atoms with E-state index in [0.717, 1.165) is 11.4 Å². The minimum Gasteiger partial charge on any atom is -0.477 e. The molecule has 4 nitrogen and oxygen atoms in total. The van der Waals surface area contributed by atoms with Gasteiger partial charge in [-0.1, -0.05) is 0 Å². The van der Waals surface area contributed by atoms with Crippen LogP contribution in [0, 0.1) is 0 Å². The van der Waals surface area contributed by atoms with Crippen LogP contribution in [0.25, 0.3) is 5.69 Å². The summed E-state index contributed by atoms with van der Waals surface area (Å²) in [5.41, 5.74) is 1.94. The lowest BCUT2D eigenvalue weighted by atomic mass is 10.3. The second kappa shape index (κ2) is 3.45. The van der Waals surface area contributed by atoms with E-state index in [1.807, 2.05) is 17.6 Å². The van der Waals surface area contributed by atoms with Gasteiger partial charge in [-0.2, -0.15) is 5.10 Å². The van der Waals surface area contributed by atoms with Crippen molar-refractivity contribution in [2.24, 2.45) is 0 Å². The third-order valence-electron chi connectivity index (χ3n) is 2.67. The molecule has 82 valence electrons. The predicted molar refractivity (Wildman–Crippen MR) is 60.4 cm³/mol. The summed E-state index contributed by atoms with van der Waals surface area (Å²) in [5.74, 6) is -0.260. The Morgan fingerprint density at radius 2 is 2.38 bits per heavy atom. The molecule has 1 saturated carbocycles. The van der Waals surface area contributed by atoms with Gasteiger partial charge in [0.05, 0.1) is 11.4 Å². The van der Waals surface area contributed by atoms with Gasteiger partial charge >= 0.3 is 5.97 Å². The highest BCUT2D eigenvalue weighted by Gasteiger charge is 2.26. The monoisotopic (exact) mass is 234 g/mol. The van der Waals surface area contributed by atoms with Crippen LogP contribution in [0.15, 0.2) is 23.7 Å². The number of hydrogen-bond acceptors (Lipinski definition) is 3. The van der Waals surface area contributed by atoms with Gasteiger partial charge in [0.15, 0.2) is 0 Å². The van der Waals surface area contributed by atoms with E-state index in [9.17, 15) is 4.79 Å². The molecule has 1 aliphatic carbocycles. The summed E-state index contributed by atoms with van der Waals surface area (Å²) in [4.78, 5) is 11.1. The lowest BCUT2D eigenvalue weighted by Crippen LogP contribution is -1.95. The van der Waals surface area contributed by atoms with Gasteiger partial charge in [0.1, 0.15) is 4.88 Å². The van der Waals surface area contributed by atoms with Crippen LogP contribution < -0.4 is 0 Å². The van der Waals surface area contributed by atoms with Crippen molar-refractivity contribution in [3.8, 4) is 5.69 Å². The summed E-state index contributed by atoms with van der Waals surface area (Å²) in [5, 5.41) is 15.1. The molecule has 0 unspecified atom stereocenters. The molecule has 0 aliphatic heterocycles. The van der Waals surface area contributed by atoms with Gasteiger partial charge in [-0.15, -0.1) is 11.3 Å². The Kier molecular flexibility index (Phi) is 2.07. The zero-order chi connectivity index (χ0) is 11.1. The molecule has 2 aromatic heterocycles. The van der Waals surface area contributed by atoms with Crippen molar-refractivity contribution < 1.29 is 9.90 Å². The van der Waals surface area contributed by atoms with E-state index in [1.54, 1.807) is 10.7 Å². The summed E-state index contributed by atoms with van der Waals surface area (Å²) in [6, 6.07) is 3.66. The third kappa shape index (κ3) is 1.63. The molecule has 0 spiro atoms. The molecule has 16 heavy (non-hydrogen) atoms. The van der Waals surface area contributed by atoms with Gasteiger partial charge < -0.3 is 5.11 Å². The van der Waals surface area contributed by atoms with Crippen LogP contribution in [-0.2, 0) is 0 Å². The molecule has 0 bridgehead atoms. The van der Waals surface area contributed by atoms with Gasteiger partial charge in [0.2, 0.25) is 0 Å². The molecule has 1 fully saturated rings. The van der Waals surface area contributed by atoms with Gasteiger partial charge in [-0.05, 0) is 25.0 Å². The van der Waals surface area contributed by atoms with E-state index in [0.29, 0.717) is 10.8 Å². The molecule has 2 heterocycles. The highest BCUT2D eigenvalue weighted by atomic mass is 32.1. The first-order valence-electron chi connectivity index (χ1n) is 5.12. The van der Waals surface area contributed by atoms with E-state index in [4.69, 9.17) is 5.11 Å². The quantitative estimate of drug-likeness (QED) is 0.887. The molecule has 0 saturated heterocycles. The van der Waals surface area contributed by atoms with Crippen molar-refractivity contribution in [1.29, 1.82) is 0 Å². The zero-order valence-electron chi connectivity index (χ0n) is 8.46. The van der Waals surface area contributed by atoms with Crippen LogP contribution in [0.1, 0.15) is 34.1 Å². The Morgan fingerprint density at radius 1 is 1.56 bits per heavy atom. The molecular formula is C11H10N2O2S. The highest BCUT2D eigenvalue weighted by molar-refractivity contribution is 7.12. The molecule has 5 heteroatoms. The first kappa shape index (κ1) is 9.59. The minimum atomic E-state index is -0.883. The van der Waals surface area contributed by atoms with Crippen molar-refractivity contribution in [2.45, 2.75) is 18.8 Å². The molecule has 2 aromatic rings. The van der Waals surface area contributed by atoms with Crippen molar-refractivity contribution in [1.82, 2.24) is 9.78 Å². The van der Waals surface area contributed by atoms with Gasteiger partial charge in [-0.3, -0.25) is 0 Å². The number of thiophene rings is 1. The fraction of sp³-hybridized carbons (Fsp3) is 0.273. The molecule has 0 amide bonds. The molecule has 1 N–H and O–H groups in total. The summed E-state index contributed by atoms with van der Waals surface area (Å²) in [7, 11) is 0. The molecular weight excluding hydrogens is 224 g/mol. The van der Waals surface area contributed by atoms with E-state index >= 15 is 0 Å². The van der Waals surface area contributed by atoms with Gasteiger partial charge in [-0.25, -0.2) is 9.48 Å². The molecule has 0 aromatic carbocycles. The number of nitrogens with zero attached hydrogens (tertiary/aromatic N) is 2. The van der Waals surface area contributed by atoms with Crippen LogP contribution in [0.4, 0.5) is 0 Å². The normalized spacial score (nSPS) is 15.2. The Hall–Kier alpha value is -1.62. The number of hydrogen-bond donors (Lipinski definition) is 1. The lowest BCUT2D eigenvalue weighted by Gasteiger charge is -1.95. The summed E-state index contributed by atoms with van der Waals surface area (Å²) in [6.07, 6.45) is 4.34. The first-order chi connectivity index (χ1) is 7.74. The van der Waals surface area contributed by atoms with Crippen LogP contribution >= 0.6 is 11.3 Å². The lowest BCUT2D eigenvalue weighted by molar-refractivity contribution is 0.0702. The van der Waals surface area contributed by atoms with Crippen LogP contribution in [-0.4, -0.2) is 20.9 Å². The second-order valence-corrected chi connectivity index (χ2v) is 4.84. The Bertz CT molecular complexity index is 540. The second-order valence-electron chi connectivity index (χ2n) is 3.93. The van der Waals surface area contributed by atoms with Gasteiger partial charge in [0, 0.05) is 17.5 Å². The van der Waals surface area contributed by atoms with Crippen molar-refractivity contribution >= 4 is 17.3 Å². The van der Waals surface area contributed by atoms with E-state index in [1.165, 1.54) is 24.2 Å². The Morgan fingerprint density at radius 3 is 3.00 bits per heavy atom. The number of aromatic carboxylic acids is 1. The van der Waals surface area contributed by atoms with Gasteiger partial charge in [0.25, 0.3) is 0 Å². The fourth-order valence-electron chi connectivity index (χ4n) is 1.64. The smallest absolute Gasteiger partial charge is 0.345 e. The number of carbonyl (C=O) groups is 1. The number of rotatable bonds is 3. The average molecular weight is 234 g/mol. The van der Waals surface area contributed by atoms with Crippen LogP contribution in [0.2, 0.25) is 0 Å². The largest absolute Gasteiger partial charge is 0.477 e. The number of aromatic nitrogens is 2. The van der Waals surface area contributed by atoms with E-state index in [-0.39, 0.29) is 0 Å². The maximum absolute atomic E-state index is 10.7. The molecule has 0 radical (unpaired) electrons. The highest BCUT2D eigenvalue weighted by Crippen LogP contribution is 2.39. The average Bonchev–Trinajstić information content (AvgIpc) is 2.83. The Labute approximate surface area is 96.1 Å². The number of carboxylic acids is 1. The van der Waals surface area contributed by atoms with Crippen molar-refractivity contribution in [2.75, 3.05) is 0 Å². The molecule has 1 aliphatic rings. The maximum atomic E-state index is 10.7. The standard InChI is InChI=1S/C11H10N2O2S/c14-11(15)10-5-8(6-16-10)13-4-3-9(12-13)7-1-2-7/h3-7H,1-2H2,(H,14,15). The zero-order valence-corrected chi connectivity index (χ0v) is 9.28. The van der Waals surface area contributed by atoms with Crippen LogP contribution in [0.5, 0.6) is 0 Å².